The predicted molar refractivity (Wildman–Crippen MR) is 116 cm³/mol. The van der Waals surface area contributed by atoms with Crippen LogP contribution in [0.3, 0.4) is 0 Å². The van der Waals surface area contributed by atoms with Crippen molar-refractivity contribution in [3.8, 4) is 0 Å². The van der Waals surface area contributed by atoms with E-state index in [1.165, 1.54) is 38.2 Å². The second-order valence-electron chi connectivity index (χ2n) is 10.7. The lowest BCUT2D eigenvalue weighted by Crippen LogP contribution is -2.64. The standard InChI is InChI=1S/C24H32F3N4O/c1-23(2,22(32)29-21-17-10-15-9-16(12-17)13-18(21)11-15)31-7-5-30(6-8-31)20-4-3-19(14-28-20)24(25,26)27/h3-4,14-15,17-18,21H,5-13H2,1-2H3,(H,29,32). The van der Waals surface area contributed by atoms with Crippen LogP contribution in [-0.2, 0) is 11.0 Å². The number of carbonyl (C=O) groups is 1. The molecular weight excluding hydrogens is 417 g/mol. The minimum Gasteiger partial charge on any atom is -0.354 e. The molecule has 32 heavy (non-hydrogen) atoms. The summed E-state index contributed by atoms with van der Waals surface area (Å²) < 4.78 is 38.4. The first-order chi connectivity index (χ1) is 15.1. The molecule has 4 aliphatic carbocycles. The summed E-state index contributed by atoms with van der Waals surface area (Å²) in [6, 6.07) is 2.82. The summed E-state index contributed by atoms with van der Waals surface area (Å²) in [6.45, 7) is 6.56. The van der Waals surface area contributed by atoms with E-state index in [1.807, 2.05) is 18.7 Å². The summed E-state index contributed by atoms with van der Waals surface area (Å²) in [5, 5.41) is 3.44. The van der Waals surface area contributed by atoms with E-state index < -0.39 is 17.3 Å². The monoisotopic (exact) mass is 449 g/mol. The number of amides is 1. The van der Waals surface area contributed by atoms with Crippen LogP contribution in [0.2, 0.25) is 0 Å². The van der Waals surface area contributed by atoms with Gasteiger partial charge in [-0.05, 0) is 81.8 Å². The molecule has 2 unspecified atom stereocenters. The summed E-state index contributed by atoms with van der Waals surface area (Å²) >= 11 is 0. The average Bonchev–Trinajstić information content (AvgIpc) is 2.75. The van der Waals surface area contributed by atoms with Crippen LogP contribution in [0.1, 0.15) is 51.5 Å². The number of hydrogen-bond donors (Lipinski definition) is 1. The van der Waals surface area contributed by atoms with Crippen LogP contribution in [0, 0.1) is 23.7 Å². The average molecular weight is 450 g/mol. The van der Waals surface area contributed by atoms with Gasteiger partial charge in [-0.2, -0.15) is 13.2 Å². The summed E-state index contributed by atoms with van der Waals surface area (Å²) in [6.07, 6.45) is 2.72. The van der Waals surface area contributed by atoms with Gasteiger partial charge in [0.15, 0.2) is 0 Å². The zero-order valence-electron chi connectivity index (χ0n) is 18.8. The number of nitrogens with one attached hydrogen (secondary N) is 1. The van der Waals surface area contributed by atoms with Crippen LogP contribution in [0.5, 0.6) is 0 Å². The van der Waals surface area contributed by atoms with Gasteiger partial charge in [-0.1, -0.05) is 0 Å². The maximum atomic E-state index is 13.3. The Kier molecular flexibility index (Phi) is 5.42. The SMILES string of the molecule is CC(C)(C(=O)NC1C2C[C]3CC(C2)CC1C3)N1CCN(c2ccc(C(F)(F)F)cn2)CC1. The normalized spacial score (nSPS) is 31.2. The summed E-state index contributed by atoms with van der Waals surface area (Å²) in [4.78, 5) is 21.5. The first kappa shape index (κ1) is 22.0. The second-order valence-corrected chi connectivity index (χ2v) is 10.7. The molecule has 1 aliphatic heterocycles. The summed E-state index contributed by atoms with van der Waals surface area (Å²) in [7, 11) is 0. The molecule has 0 aromatic carbocycles. The Morgan fingerprint density at radius 2 is 1.69 bits per heavy atom. The first-order valence-corrected chi connectivity index (χ1v) is 11.8. The molecule has 5 aliphatic rings. The van der Waals surface area contributed by atoms with Crippen LogP contribution < -0.4 is 10.2 Å². The molecule has 4 saturated carbocycles. The van der Waals surface area contributed by atoms with Gasteiger partial charge in [0.2, 0.25) is 5.91 Å². The first-order valence-electron chi connectivity index (χ1n) is 11.8. The quantitative estimate of drug-likeness (QED) is 0.758. The number of aromatic nitrogens is 1. The molecule has 1 amide bonds. The number of halogens is 3. The van der Waals surface area contributed by atoms with Gasteiger partial charge in [-0.15, -0.1) is 0 Å². The van der Waals surface area contributed by atoms with Gasteiger partial charge in [-0.3, -0.25) is 9.69 Å². The van der Waals surface area contributed by atoms with Crippen LogP contribution in [0.25, 0.3) is 0 Å². The van der Waals surface area contributed by atoms with Crippen LogP contribution >= 0.6 is 0 Å². The molecule has 1 radical (unpaired) electrons. The predicted octanol–water partition coefficient (Wildman–Crippen LogP) is 3.90. The maximum absolute atomic E-state index is 13.3. The van der Waals surface area contributed by atoms with Crippen molar-refractivity contribution in [2.24, 2.45) is 17.8 Å². The van der Waals surface area contributed by atoms with E-state index in [0.717, 1.165) is 18.2 Å². The Morgan fingerprint density at radius 1 is 1.03 bits per heavy atom. The summed E-state index contributed by atoms with van der Waals surface area (Å²) in [5.41, 5.74) is -1.36. The van der Waals surface area contributed by atoms with Gasteiger partial charge in [0.1, 0.15) is 5.82 Å². The van der Waals surface area contributed by atoms with E-state index in [1.54, 1.807) is 5.92 Å². The minimum absolute atomic E-state index is 0.0982. The van der Waals surface area contributed by atoms with Crippen molar-refractivity contribution < 1.29 is 18.0 Å². The molecule has 6 rings (SSSR count). The maximum Gasteiger partial charge on any atom is 0.417 e. The number of hydrogen-bond acceptors (Lipinski definition) is 4. The highest BCUT2D eigenvalue weighted by atomic mass is 19.4. The number of carbonyl (C=O) groups excluding carboxylic acids is 1. The van der Waals surface area contributed by atoms with Crippen molar-refractivity contribution in [3.05, 3.63) is 29.8 Å². The lowest BCUT2D eigenvalue weighted by molar-refractivity contribution is -0.137. The molecular formula is C24H32F3N4O. The molecule has 1 N–H and O–H groups in total. The van der Waals surface area contributed by atoms with Gasteiger partial charge in [0.25, 0.3) is 0 Å². The highest BCUT2D eigenvalue weighted by Gasteiger charge is 2.50. The van der Waals surface area contributed by atoms with Crippen molar-refractivity contribution in [2.45, 2.75) is 63.7 Å². The zero-order chi connectivity index (χ0) is 22.7. The highest BCUT2D eigenvalue weighted by molar-refractivity contribution is 5.85. The lowest BCUT2D eigenvalue weighted by atomic mass is 9.54. The molecule has 4 bridgehead atoms. The smallest absolute Gasteiger partial charge is 0.354 e. The lowest BCUT2D eigenvalue weighted by Gasteiger charge is -2.55. The van der Waals surface area contributed by atoms with Gasteiger partial charge < -0.3 is 10.2 Å². The van der Waals surface area contributed by atoms with Crippen LogP contribution in [0.15, 0.2) is 18.3 Å². The molecule has 0 spiro atoms. The van der Waals surface area contributed by atoms with E-state index in [9.17, 15) is 18.0 Å². The third-order valence-corrected chi connectivity index (χ3v) is 8.29. The van der Waals surface area contributed by atoms with Crippen LogP contribution in [0.4, 0.5) is 19.0 Å². The molecule has 1 saturated heterocycles. The largest absolute Gasteiger partial charge is 0.417 e. The van der Waals surface area contributed by atoms with Crippen molar-refractivity contribution in [2.75, 3.05) is 31.1 Å². The number of pyridine rings is 1. The Labute approximate surface area is 187 Å². The van der Waals surface area contributed by atoms with Gasteiger partial charge in [-0.25, -0.2) is 4.98 Å². The number of anilines is 1. The fraction of sp³-hybridized carbons (Fsp3) is 0.708. The Hall–Kier alpha value is -1.83. The molecule has 8 heteroatoms. The third kappa shape index (κ3) is 3.99. The molecule has 175 valence electrons. The number of nitrogens with zero attached hydrogens (tertiary/aromatic N) is 3. The van der Waals surface area contributed by atoms with E-state index in [4.69, 9.17) is 0 Å². The molecule has 1 aromatic rings. The zero-order valence-corrected chi connectivity index (χ0v) is 18.8. The Balaban J connectivity index is 1.18. The van der Waals surface area contributed by atoms with E-state index in [-0.39, 0.29) is 5.91 Å². The number of rotatable bonds is 4. The third-order valence-electron chi connectivity index (χ3n) is 8.29. The van der Waals surface area contributed by atoms with Crippen molar-refractivity contribution in [1.29, 1.82) is 0 Å². The topological polar surface area (TPSA) is 48.5 Å². The van der Waals surface area contributed by atoms with E-state index >= 15 is 0 Å². The van der Waals surface area contributed by atoms with Crippen molar-refractivity contribution >= 4 is 11.7 Å². The van der Waals surface area contributed by atoms with Gasteiger partial charge >= 0.3 is 6.18 Å². The molecule has 5 nitrogen and oxygen atoms in total. The molecule has 2 atom stereocenters. The van der Waals surface area contributed by atoms with Crippen molar-refractivity contribution in [3.63, 3.8) is 0 Å². The molecule has 2 heterocycles. The fourth-order valence-corrected chi connectivity index (χ4v) is 6.56. The molecule has 5 fully saturated rings. The van der Waals surface area contributed by atoms with E-state index in [2.05, 4.69) is 15.2 Å². The van der Waals surface area contributed by atoms with Gasteiger partial charge in [0.05, 0.1) is 11.1 Å². The van der Waals surface area contributed by atoms with Crippen molar-refractivity contribution in [1.82, 2.24) is 15.2 Å². The number of piperazine rings is 1. The summed E-state index contributed by atoms with van der Waals surface area (Å²) in [5.74, 6) is 4.43. The fourth-order valence-electron chi connectivity index (χ4n) is 6.56. The number of alkyl halides is 3. The molecule has 1 aromatic heterocycles. The van der Waals surface area contributed by atoms with E-state index in [0.29, 0.717) is 49.9 Å². The second kappa shape index (κ2) is 7.89. The minimum atomic E-state index is -4.38. The Bertz CT molecular complexity index is 818. The van der Waals surface area contributed by atoms with Gasteiger partial charge in [0, 0.05) is 38.4 Å². The highest BCUT2D eigenvalue weighted by Crippen LogP contribution is 2.54. The Morgan fingerprint density at radius 3 is 2.22 bits per heavy atom. The van der Waals surface area contributed by atoms with Crippen LogP contribution in [-0.4, -0.2) is 53.6 Å².